The molecule has 40 heavy (non-hydrogen) atoms. The minimum Gasteiger partial charge on any atom is -0.454 e. The lowest BCUT2D eigenvalue weighted by atomic mass is 10.0. The Kier molecular flexibility index (Phi) is 6.30. The van der Waals surface area contributed by atoms with Crippen molar-refractivity contribution in [2.45, 2.75) is 13.3 Å². The Hall–Kier alpha value is -4.46. The average molecular weight is 561 g/mol. The van der Waals surface area contributed by atoms with Crippen molar-refractivity contribution in [3.8, 4) is 33.2 Å². The van der Waals surface area contributed by atoms with Crippen LogP contribution in [0.3, 0.4) is 0 Å². The monoisotopic (exact) mass is 560 g/mol. The second-order valence-corrected chi connectivity index (χ2v) is 11.7. The molecule has 4 aromatic carbocycles. The average Bonchev–Trinajstić information content (AvgIpc) is 3.70. The van der Waals surface area contributed by atoms with Crippen molar-refractivity contribution in [1.29, 1.82) is 0 Å². The van der Waals surface area contributed by atoms with Gasteiger partial charge in [0.25, 0.3) is 5.91 Å². The first-order valence-corrected chi connectivity index (χ1v) is 14.6. The summed E-state index contributed by atoms with van der Waals surface area (Å²) in [4.78, 5) is 19.6. The molecule has 0 unspecified atom stereocenters. The van der Waals surface area contributed by atoms with Crippen molar-refractivity contribution >= 4 is 43.8 Å². The molecule has 0 saturated carbocycles. The van der Waals surface area contributed by atoms with Crippen LogP contribution in [0.15, 0.2) is 97.1 Å². The number of hydrogen-bond acceptors (Lipinski definition) is 6. The number of thiazole rings is 1. The molecule has 6 aromatic rings. The normalized spacial score (nSPS) is 12.1. The quantitative estimate of drug-likeness (QED) is 0.222. The maximum absolute atomic E-state index is 13.5. The number of rotatable bonds is 6. The van der Waals surface area contributed by atoms with Gasteiger partial charge < -0.3 is 14.8 Å². The van der Waals surface area contributed by atoms with Gasteiger partial charge in [0.2, 0.25) is 6.79 Å². The number of para-hydroxylation sites is 1. The van der Waals surface area contributed by atoms with E-state index >= 15 is 0 Å². The van der Waals surface area contributed by atoms with Crippen LogP contribution in [-0.4, -0.2) is 17.7 Å². The lowest BCUT2D eigenvalue weighted by Gasteiger charge is -2.07. The molecular weight excluding hydrogens is 537 g/mol. The summed E-state index contributed by atoms with van der Waals surface area (Å²) in [6.07, 6.45) is 0.715. The smallest absolute Gasteiger partial charge is 0.256 e. The summed E-state index contributed by atoms with van der Waals surface area (Å²) in [5.41, 5.74) is 6.99. The Labute approximate surface area is 239 Å². The van der Waals surface area contributed by atoms with E-state index in [-0.39, 0.29) is 12.7 Å². The van der Waals surface area contributed by atoms with Crippen LogP contribution < -0.4 is 14.8 Å². The van der Waals surface area contributed by atoms with E-state index in [4.69, 9.17) is 14.5 Å². The standard InChI is InChI=1S/C33H24N2O3S2/c1-20-29(18-21-11-16-26-27(17-21)38-19-37-26)40-33(30(20)32-34-25-9-5-6-10-28(25)39-32)35-31(36)24-14-12-23(13-15-24)22-7-3-2-4-8-22/h2-17H,18-19H2,1H3,(H,35,36). The predicted octanol–water partition coefficient (Wildman–Crippen LogP) is 8.57. The van der Waals surface area contributed by atoms with E-state index in [1.807, 2.05) is 72.8 Å². The molecule has 0 atom stereocenters. The van der Waals surface area contributed by atoms with Gasteiger partial charge >= 0.3 is 0 Å². The Balaban J connectivity index is 1.23. The number of thiophene rings is 1. The zero-order valence-corrected chi connectivity index (χ0v) is 23.3. The van der Waals surface area contributed by atoms with Gasteiger partial charge in [-0.15, -0.1) is 22.7 Å². The lowest BCUT2D eigenvalue weighted by molar-refractivity contribution is 0.102. The molecule has 0 spiro atoms. The molecule has 1 aliphatic rings. The molecule has 2 aromatic heterocycles. The molecule has 3 heterocycles. The molecular formula is C33H24N2O3S2. The number of nitrogens with one attached hydrogen (secondary N) is 1. The van der Waals surface area contributed by atoms with Crippen LogP contribution in [0.5, 0.6) is 11.5 Å². The second kappa shape index (κ2) is 10.3. The largest absolute Gasteiger partial charge is 0.454 e. The van der Waals surface area contributed by atoms with Crippen LogP contribution >= 0.6 is 22.7 Å². The fourth-order valence-corrected chi connectivity index (χ4v) is 7.29. The first-order chi connectivity index (χ1) is 19.6. The highest BCUT2D eigenvalue weighted by atomic mass is 32.1. The Bertz CT molecular complexity index is 1820. The van der Waals surface area contributed by atoms with Crippen molar-refractivity contribution in [3.63, 3.8) is 0 Å². The van der Waals surface area contributed by atoms with E-state index < -0.39 is 0 Å². The van der Waals surface area contributed by atoms with Crippen molar-refractivity contribution in [3.05, 3.63) is 119 Å². The van der Waals surface area contributed by atoms with Crippen LogP contribution in [0.25, 0.3) is 31.9 Å². The highest BCUT2D eigenvalue weighted by molar-refractivity contribution is 7.23. The van der Waals surface area contributed by atoms with E-state index in [0.717, 1.165) is 59.5 Å². The zero-order valence-electron chi connectivity index (χ0n) is 21.6. The van der Waals surface area contributed by atoms with Gasteiger partial charge in [0.05, 0.1) is 10.2 Å². The number of fused-ring (bicyclic) bond motifs is 2. The van der Waals surface area contributed by atoms with E-state index in [0.29, 0.717) is 12.0 Å². The second-order valence-electron chi connectivity index (χ2n) is 9.60. The first-order valence-electron chi connectivity index (χ1n) is 13.0. The van der Waals surface area contributed by atoms with E-state index in [9.17, 15) is 4.79 Å². The fraction of sp³-hybridized carbons (Fsp3) is 0.0909. The number of carbonyl (C=O) groups excluding carboxylic acids is 1. The topological polar surface area (TPSA) is 60.5 Å². The van der Waals surface area contributed by atoms with Crippen LogP contribution in [0, 0.1) is 6.92 Å². The van der Waals surface area contributed by atoms with Crippen molar-refractivity contribution in [2.75, 3.05) is 12.1 Å². The summed E-state index contributed by atoms with van der Waals surface area (Å²) in [6.45, 7) is 2.37. The molecule has 1 amide bonds. The van der Waals surface area contributed by atoms with Gasteiger partial charge in [-0.05, 0) is 65.6 Å². The minimum absolute atomic E-state index is 0.141. The summed E-state index contributed by atoms with van der Waals surface area (Å²) < 4.78 is 12.2. The van der Waals surface area contributed by atoms with E-state index in [2.05, 4.69) is 36.5 Å². The number of benzene rings is 4. The number of nitrogens with zero attached hydrogens (tertiary/aromatic N) is 1. The van der Waals surface area contributed by atoms with Gasteiger partial charge in [0, 0.05) is 22.4 Å². The van der Waals surface area contributed by atoms with Crippen molar-refractivity contribution in [2.24, 2.45) is 0 Å². The predicted molar refractivity (Wildman–Crippen MR) is 163 cm³/mol. The van der Waals surface area contributed by atoms with E-state index in [1.165, 1.54) is 4.88 Å². The minimum atomic E-state index is -0.141. The van der Waals surface area contributed by atoms with Crippen molar-refractivity contribution in [1.82, 2.24) is 4.98 Å². The molecule has 196 valence electrons. The Morgan fingerprint density at radius 3 is 2.42 bits per heavy atom. The van der Waals surface area contributed by atoms with Gasteiger partial charge in [-0.25, -0.2) is 4.98 Å². The van der Waals surface area contributed by atoms with Crippen LogP contribution in [-0.2, 0) is 6.42 Å². The van der Waals surface area contributed by atoms with Gasteiger partial charge in [-0.3, -0.25) is 4.79 Å². The third kappa shape index (κ3) is 4.63. The molecule has 0 aliphatic carbocycles. The summed E-state index contributed by atoms with van der Waals surface area (Å²) in [6, 6.07) is 32.1. The number of aromatic nitrogens is 1. The molecule has 5 nitrogen and oxygen atoms in total. The molecule has 7 rings (SSSR count). The van der Waals surface area contributed by atoms with Crippen LogP contribution in [0.1, 0.15) is 26.4 Å². The number of hydrogen-bond donors (Lipinski definition) is 1. The Morgan fingerprint density at radius 2 is 1.60 bits per heavy atom. The van der Waals surface area contributed by atoms with Gasteiger partial charge in [0.1, 0.15) is 10.0 Å². The molecule has 7 heteroatoms. The molecule has 0 fully saturated rings. The highest BCUT2D eigenvalue weighted by Crippen LogP contribution is 2.45. The number of anilines is 1. The lowest BCUT2D eigenvalue weighted by Crippen LogP contribution is -2.11. The molecule has 1 N–H and O–H groups in total. The summed E-state index contributed by atoms with van der Waals surface area (Å²) in [5.74, 6) is 1.40. The maximum atomic E-state index is 13.5. The van der Waals surface area contributed by atoms with Gasteiger partial charge in [0.15, 0.2) is 11.5 Å². The number of ether oxygens (including phenoxy) is 2. The Morgan fingerprint density at radius 1 is 0.850 bits per heavy atom. The number of amides is 1. The third-order valence-corrected chi connectivity index (χ3v) is 9.30. The molecule has 0 saturated heterocycles. The number of carbonyl (C=O) groups is 1. The maximum Gasteiger partial charge on any atom is 0.256 e. The van der Waals surface area contributed by atoms with Gasteiger partial charge in [-0.2, -0.15) is 0 Å². The molecule has 1 aliphatic heterocycles. The summed E-state index contributed by atoms with van der Waals surface area (Å²) >= 11 is 3.25. The van der Waals surface area contributed by atoms with Crippen LogP contribution in [0.4, 0.5) is 5.00 Å². The highest BCUT2D eigenvalue weighted by Gasteiger charge is 2.23. The van der Waals surface area contributed by atoms with Crippen molar-refractivity contribution < 1.29 is 14.3 Å². The summed E-state index contributed by atoms with van der Waals surface area (Å²) in [7, 11) is 0. The first kappa shape index (κ1) is 24.6. The van der Waals surface area contributed by atoms with E-state index in [1.54, 1.807) is 22.7 Å². The molecule has 0 radical (unpaired) electrons. The third-order valence-electron chi connectivity index (χ3n) is 7.04. The van der Waals surface area contributed by atoms with Crippen LogP contribution in [0.2, 0.25) is 0 Å². The fourth-order valence-electron chi connectivity index (χ4n) is 4.91. The SMILES string of the molecule is Cc1c(Cc2ccc3c(c2)OCO3)sc(NC(=O)c2ccc(-c3ccccc3)cc2)c1-c1nc2ccccc2s1. The summed E-state index contributed by atoms with van der Waals surface area (Å²) in [5, 5.41) is 4.93. The molecule has 0 bridgehead atoms. The zero-order chi connectivity index (χ0) is 27.1. The van der Waals surface area contributed by atoms with Gasteiger partial charge in [-0.1, -0.05) is 60.7 Å².